The summed E-state index contributed by atoms with van der Waals surface area (Å²) in [6.45, 7) is 3.71. The summed E-state index contributed by atoms with van der Waals surface area (Å²) in [4.78, 5) is 49.6. The van der Waals surface area contributed by atoms with Crippen LogP contribution in [0, 0.1) is 17.3 Å². The third-order valence-corrected chi connectivity index (χ3v) is 4.72. The molecule has 1 aromatic rings. The molecule has 0 radical (unpaired) electrons. The van der Waals surface area contributed by atoms with Crippen molar-refractivity contribution >= 4 is 29.1 Å². The average Bonchev–Trinajstić information content (AvgIpc) is 2.83. The number of nitrogens with one attached hydrogen (secondary N) is 1. The van der Waals surface area contributed by atoms with E-state index in [1.54, 1.807) is 24.3 Å². The molecule has 1 heterocycles. The lowest BCUT2D eigenvalue weighted by atomic mass is 9.67. The summed E-state index contributed by atoms with van der Waals surface area (Å²) in [6, 6.07) is 8.86. The normalized spacial score (nSPS) is 23.8. The highest BCUT2D eigenvalue weighted by Crippen LogP contribution is 2.42. The van der Waals surface area contributed by atoms with Crippen LogP contribution in [0.25, 0.3) is 5.70 Å². The zero-order valence-corrected chi connectivity index (χ0v) is 14.2. The maximum Gasteiger partial charge on any atom is 0.241 e. The van der Waals surface area contributed by atoms with Crippen LogP contribution in [0.2, 0.25) is 0 Å². The number of ketones is 2. The number of hydrogen-bond donors (Lipinski definition) is 2. The number of benzene rings is 1. The van der Waals surface area contributed by atoms with E-state index in [2.05, 4.69) is 5.32 Å². The lowest BCUT2D eigenvalue weighted by Gasteiger charge is -2.33. The van der Waals surface area contributed by atoms with Gasteiger partial charge in [-0.1, -0.05) is 44.2 Å². The Bertz CT molecular complexity index is 788. The Morgan fingerprint density at radius 2 is 1.64 bits per heavy atom. The lowest BCUT2D eigenvalue weighted by Crippen LogP contribution is -2.42. The second-order valence-corrected chi connectivity index (χ2v) is 7.40. The van der Waals surface area contributed by atoms with Gasteiger partial charge in [-0.05, 0) is 16.6 Å². The van der Waals surface area contributed by atoms with Crippen LogP contribution in [0.4, 0.5) is 0 Å². The van der Waals surface area contributed by atoms with Gasteiger partial charge in [0.05, 0.1) is 0 Å². The van der Waals surface area contributed by atoms with E-state index in [1.807, 2.05) is 19.9 Å². The number of nitrogens with two attached hydrogens (primary N) is 1. The molecule has 0 aromatic heterocycles. The molecular formula is C19H20N2O4. The molecule has 3 rings (SSSR count). The largest absolute Gasteiger partial charge is 0.369 e. The molecule has 6 heteroatoms. The second kappa shape index (κ2) is 5.95. The van der Waals surface area contributed by atoms with E-state index >= 15 is 0 Å². The van der Waals surface area contributed by atoms with E-state index < -0.39 is 29.1 Å². The molecule has 2 amide bonds. The van der Waals surface area contributed by atoms with Crippen LogP contribution in [0.5, 0.6) is 0 Å². The Balaban J connectivity index is 2.16. The van der Waals surface area contributed by atoms with Crippen molar-refractivity contribution < 1.29 is 19.2 Å². The van der Waals surface area contributed by atoms with Gasteiger partial charge in [-0.25, -0.2) is 0 Å². The molecule has 2 aliphatic rings. The Morgan fingerprint density at radius 1 is 1.08 bits per heavy atom. The zero-order valence-electron chi connectivity index (χ0n) is 14.2. The quantitative estimate of drug-likeness (QED) is 0.806. The number of carbonyl (C=O) groups excluding carboxylic acids is 4. The Labute approximate surface area is 145 Å². The van der Waals surface area contributed by atoms with Crippen LogP contribution in [-0.4, -0.2) is 23.4 Å². The highest BCUT2D eigenvalue weighted by molar-refractivity contribution is 6.17. The molecule has 1 saturated carbocycles. The lowest BCUT2D eigenvalue weighted by molar-refractivity contribution is -0.138. The maximum atomic E-state index is 12.7. The topological polar surface area (TPSA) is 106 Å². The fraction of sp³-hybridized carbons (Fsp3) is 0.368. The summed E-state index contributed by atoms with van der Waals surface area (Å²) >= 11 is 0. The maximum absolute atomic E-state index is 12.7. The first-order valence-corrected chi connectivity index (χ1v) is 8.16. The van der Waals surface area contributed by atoms with Gasteiger partial charge >= 0.3 is 0 Å². The van der Waals surface area contributed by atoms with Crippen LogP contribution in [0.1, 0.15) is 32.3 Å². The van der Waals surface area contributed by atoms with Gasteiger partial charge in [-0.3, -0.25) is 19.2 Å². The monoisotopic (exact) mass is 340 g/mol. The van der Waals surface area contributed by atoms with Gasteiger partial charge in [0.2, 0.25) is 11.8 Å². The molecule has 3 N–H and O–H groups in total. The van der Waals surface area contributed by atoms with E-state index in [-0.39, 0.29) is 30.0 Å². The van der Waals surface area contributed by atoms with Crippen molar-refractivity contribution in [3.05, 3.63) is 41.5 Å². The Morgan fingerprint density at radius 3 is 2.16 bits per heavy atom. The summed E-state index contributed by atoms with van der Waals surface area (Å²) in [5.41, 5.74) is 6.18. The Kier molecular flexibility index (Phi) is 4.06. The van der Waals surface area contributed by atoms with Crippen molar-refractivity contribution in [1.82, 2.24) is 5.32 Å². The third-order valence-electron chi connectivity index (χ3n) is 4.72. The van der Waals surface area contributed by atoms with E-state index in [9.17, 15) is 19.2 Å². The van der Waals surface area contributed by atoms with Crippen molar-refractivity contribution in [3.63, 3.8) is 0 Å². The summed E-state index contributed by atoms with van der Waals surface area (Å²) in [5, 5.41) is 2.65. The van der Waals surface area contributed by atoms with E-state index in [4.69, 9.17) is 5.73 Å². The fourth-order valence-corrected chi connectivity index (χ4v) is 3.73. The first kappa shape index (κ1) is 17.1. The summed E-state index contributed by atoms with van der Waals surface area (Å²) in [7, 11) is 0. The van der Waals surface area contributed by atoms with Crippen LogP contribution in [0.3, 0.4) is 0 Å². The minimum atomic E-state index is -1.30. The molecule has 25 heavy (non-hydrogen) atoms. The van der Waals surface area contributed by atoms with Crippen molar-refractivity contribution in [2.75, 3.05) is 0 Å². The molecule has 130 valence electrons. The molecule has 1 unspecified atom stereocenters. The van der Waals surface area contributed by atoms with Gasteiger partial charge in [-0.2, -0.15) is 0 Å². The van der Waals surface area contributed by atoms with E-state index in [0.29, 0.717) is 11.3 Å². The van der Waals surface area contributed by atoms with Crippen LogP contribution in [0.15, 0.2) is 35.9 Å². The molecule has 0 spiro atoms. The molecule has 1 atom stereocenters. The molecule has 1 aliphatic carbocycles. The summed E-state index contributed by atoms with van der Waals surface area (Å²) in [5.74, 6) is -4.38. The average molecular weight is 340 g/mol. The molecule has 1 aliphatic heterocycles. The number of carbonyl (C=O) groups is 4. The van der Waals surface area contributed by atoms with Crippen molar-refractivity contribution in [2.45, 2.75) is 26.7 Å². The van der Waals surface area contributed by atoms with Crippen LogP contribution < -0.4 is 11.1 Å². The van der Waals surface area contributed by atoms with Crippen molar-refractivity contribution in [2.24, 2.45) is 23.0 Å². The number of amides is 2. The number of rotatable bonds is 3. The van der Waals surface area contributed by atoms with Gasteiger partial charge in [0.15, 0.2) is 0 Å². The number of Topliss-reactive ketones (excluding diaryl/α,β-unsaturated/α-hetero) is 2. The van der Waals surface area contributed by atoms with Gasteiger partial charge in [0.25, 0.3) is 0 Å². The number of hydrogen-bond acceptors (Lipinski definition) is 4. The molecule has 0 bridgehead atoms. The van der Waals surface area contributed by atoms with Crippen LogP contribution in [-0.2, 0) is 19.2 Å². The second-order valence-electron chi connectivity index (χ2n) is 7.40. The minimum Gasteiger partial charge on any atom is -0.369 e. The SMILES string of the molecule is CC1(C)CC(=O)C(C2=C(c3ccccc3)NC(=O)C2C(N)=O)C(=O)C1. The molecule has 6 nitrogen and oxygen atoms in total. The Hall–Kier alpha value is -2.76. The summed E-state index contributed by atoms with van der Waals surface area (Å²) in [6.07, 6.45) is 0.434. The summed E-state index contributed by atoms with van der Waals surface area (Å²) < 4.78 is 0. The highest BCUT2D eigenvalue weighted by atomic mass is 16.2. The van der Waals surface area contributed by atoms with E-state index in [1.165, 1.54) is 0 Å². The molecular weight excluding hydrogens is 320 g/mol. The van der Waals surface area contributed by atoms with Crippen molar-refractivity contribution in [3.8, 4) is 0 Å². The molecule has 0 saturated heterocycles. The van der Waals surface area contributed by atoms with Gasteiger partial charge in [-0.15, -0.1) is 0 Å². The minimum absolute atomic E-state index is 0.203. The van der Waals surface area contributed by atoms with E-state index in [0.717, 1.165) is 0 Å². The van der Waals surface area contributed by atoms with Gasteiger partial charge in [0.1, 0.15) is 23.4 Å². The van der Waals surface area contributed by atoms with Gasteiger partial charge < -0.3 is 11.1 Å². The highest BCUT2D eigenvalue weighted by Gasteiger charge is 2.49. The zero-order chi connectivity index (χ0) is 18.4. The number of primary amides is 1. The first-order valence-electron chi connectivity index (χ1n) is 8.16. The third kappa shape index (κ3) is 2.99. The van der Waals surface area contributed by atoms with Gasteiger partial charge in [0, 0.05) is 18.5 Å². The molecule has 1 fully saturated rings. The predicted molar refractivity (Wildman–Crippen MR) is 90.7 cm³/mol. The fourth-order valence-electron chi connectivity index (χ4n) is 3.73. The predicted octanol–water partition coefficient (Wildman–Crippen LogP) is 1.20. The smallest absolute Gasteiger partial charge is 0.241 e. The molecule has 1 aromatic carbocycles. The standard InChI is InChI=1S/C19H20N2O4/c1-19(2)8-11(22)13(12(23)9-19)14-15(17(20)24)18(25)21-16(14)10-6-4-3-5-7-10/h3-7,13,15H,8-9H2,1-2H3,(H2,20,24)(H,21,25). The van der Waals surface area contributed by atoms with Crippen LogP contribution >= 0.6 is 0 Å². The first-order chi connectivity index (χ1) is 11.7. The van der Waals surface area contributed by atoms with Crippen molar-refractivity contribution in [1.29, 1.82) is 0 Å².